The molecule has 0 fully saturated rings. The maximum absolute atomic E-state index is 12.5. The van der Waals surface area contributed by atoms with Gasteiger partial charge in [-0.25, -0.2) is 4.79 Å². The Morgan fingerprint density at radius 2 is 1.81 bits per heavy atom. The van der Waals surface area contributed by atoms with E-state index in [1.54, 1.807) is 0 Å². The van der Waals surface area contributed by atoms with Gasteiger partial charge in [-0.2, -0.15) is 0 Å². The van der Waals surface area contributed by atoms with Crippen LogP contribution in [0.15, 0.2) is 54.6 Å². The van der Waals surface area contributed by atoms with Gasteiger partial charge in [-0.05, 0) is 47.4 Å². The average Bonchev–Trinajstić information content (AvgIpc) is 2.69. The van der Waals surface area contributed by atoms with Crippen molar-refractivity contribution in [1.29, 1.82) is 0 Å². The van der Waals surface area contributed by atoms with E-state index in [0.717, 1.165) is 6.07 Å². The van der Waals surface area contributed by atoms with Crippen molar-refractivity contribution in [2.75, 3.05) is 5.32 Å². The number of halogens is 2. The molecule has 2 N–H and O–H groups in total. The Hall–Kier alpha value is -3.09. The topological polar surface area (TPSA) is 132 Å². The summed E-state index contributed by atoms with van der Waals surface area (Å²) >= 11 is 11.8. The molecule has 0 saturated heterocycles. The van der Waals surface area contributed by atoms with Crippen LogP contribution in [0.5, 0.6) is 11.6 Å². The van der Waals surface area contributed by atoms with Crippen molar-refractivity contribution in [3.8, 4) is 11.6 Å². The van der Waals surface area contributed by atoms with E-state index in [1.807, 2.05) is 0 Å². The third-order valence-corrected chi connectivity index (χ3v) is 4.31. The Kier molecular flexibility index (Phi) is 8.02. The number of nitrogens with zero attached hydrogens (tertiary/aromatic N) is 2. The number of anilines is 1. The SMILES string of the molecule is O=C(Nc1ccc(Oc2cccc([N+](=O)[O-])n2)cc1C(=O)O)c1ccc(Cl)cc1Cl.[LiH]. The molecule has 3 rings (SSSR count). The number of ether oxygens (including phenoxy) is 1. The Balaban J connectivity index is 0.00000341. The fourth-order valence-corrected chi connectivity index (χ4v) is 2.91. The summed E-state index contributed by atoms with van der Waals surface area (Å²) < 4.78 is 5.41. The number of hydrogen-bond donors (Lipinski definition) is 2. The van der Waals surface area contributed by atoms with Gasteiger partial charge in [0.15, 0.2) is 0 Å². The van der Waals surface area contributed by atoms with Crippen LogP contribution in [0, 0.1) is 10.1 Å². The van der Waals surface area contributed by atoms with Gasteiger partial charge in [-0.15, -0.1) is 0 Å². The summed E-state index contributed by atoms with van der Waals surface area (Å²) in [6.45, 7) is 0. The first-order valence-electron chi connectivity index (χ1n) is 8.17. The monoisotopic (exact) mass is 455 g/mol. The second kappa shape index (κ2) is 10.3. The summed E-state index contributed by atoms with van der Waals surface area (Å²) in [6, 6.07) is 12.1. The average molecular weight is 456 g/mol. The first-order valence-corrected chi connectivity index (χ1v) is 8.93. The summed E-state index contributed by atoms with van der Waals surface area (Å²) in [5, 5.41) is 23.2. The third kappa shape index (κ3) is 5.96. The van der Waals surface area contributed by atoms with Crippen LogP contribution in [-0.2, 0) is 0 Å². The molecule has 9 nitrogen and oxygen atoms in total. The molecule has 0 aliphatic carbocycles. The molecule has 1 heterocycles. The van der Waals surface area contributed by atoms with Gasteiger partial charge in [0.05, 0.1) is 21.8 Å². The van der Waals surface area contributed by atoms with Crippen molar-refractivity contribution < 1.29 is 24.4 Å². The van der Waals surface area contributed by atoms with Gasteiger partial charge in [0, 0.05) is 22.1 Å². The van der Waals surface area contributed by atoms with Crippen molar-refractivity contribution >= 4 is 65.4 Å². The molecule has 0 aliphatic rings. The molecular formula is C19H12Cl2LiN3O6. The van der Waals surface area contributed by atoms with Crippen molar-refractivity contribution in [1.82, 2.24) is 4.98 Å². The number of nitrogens with one attached hydrogen (secondary N) is 1. The van der Waals surface area contributed by atoms with Gasteiger partial charge in [-0.3, -0.25) is 4.79 Å². The quantitative estimate of drug-likeness (QED) is 0.320. The number of carboxylic acids is 1. The number of aromatic nitrogens is 1. The number of carbonyl (C=O) groups excluding carboxylic acids is 1. The predicted octanol–water partition coefficient (Wildman–Crippen LogP) is 4.39. The van der Waals surface area contributed by atoms with Gasteiger partial charge in [0.25, 0.3) is 5.91 Å². The van der Waals surface area contributed by atoms with Crippen LogP contribution in [0.1, 0.15) is 20.7 Å². The van der Waals surface area contributed by atoms with Crippen LogP contribution in [0.2, 0.25) is 10.0 Å². The third-order valence-electron chi connectivity index (χ3n) is 3.76. The molecule has 3 aromatic rings. The molecule has 0 atom stereocenters. The molecule has 2 aromatic carbocycles. The molecule has 0 aliphatic heterocycles. The number of carbonyl (C=O) groups is 2. The van der Waals surface area contributed by atoms with E-state index >= 15 is 0 Å². The Bertz CT molecular complexity index is 1180. The maximum atomic E-state index is 12.5. The Labute approximate surface area is 197 Å². The fourth-order valence-electron chi connectivity index (χ4n) is 2.42. The van der Waals surface area contributed by atoms with E-state index in [0.29, 0.717) is 5.02 Å². The molecule has 0 saturated carbocycles. The van der Waals surface area contributed by atoms with E-state index in [4.69, 9.17) is 27.9 Å². The van der Waals surface area contributed by atoms with E-state index in [-0.39, 0.29) is 52.3 Å². The first kappa shape index (κ1) is 24.2. The minimum atomic E-state index is -1.33. The zero-order chi connectivity index (χ0) is 21.8. The standard InChI is InChI=1S/C19H11Cl2N3O6.Li.H/c20-10-4-6-12(14(21)8-10)18(25)22-15-7-5-11(9-13(15)19(26)27)30-17-3-1-2-16(23-17)24(28)29;;/h1-9H,(H,22,25)(H,26,27);;. The fraction of sp³-hybridized carbons (Fsp3) is 0. The Morgan fingerprint density at radius 1 is 1.06 bits per heavy atom. The molecule has 0 spiro atoms. The van der Waals surface area contributed by atoms with Gasteiger partial charge < -0.3 is 25.3 Å². The zero-order valence-corrected chi connectivity index (χ0v) is 16.3. The van der Waals surface area contributed by atoms with Crippen LogP contribution in [-0.4, -0.2) is 45.8 Å². The van der Waals surface area contributed by atoms with Gasteiger partial charge >= 0.3 is 36.5 Å². The van der Waals surface area contributed by atoms with Gasteiger partial charge in [0.2, 0.25) is 0 Å². The first-order chi connectivity index (χ1) is 14.2. The second-order valence-electron chi connectivity index (χ2n) is 5.78. The van der Waals surface area contributed by atoms with E-state index < -0.39 is 22.6 Å². The molecule has 12 heteroatoms. The normalized spacial score (nSPS) is 10.0. The number of hydrogen-bond acceptors (Lipinski definition) is 6. The number of carboxylic acid groups (broad SMARTS) is 1. The number of benzene rings is 2. The molecule has 0 bridgehead atoms. The van der Waals surface area contributed by atoms with Gasteiger partial charge in [-0.1, -0.05) is 23.2 Å². The molecule has 0 unspecified atom stereocenters. The van der Waals surface area contributed by atoms with Gasteiger partial charge in [0.1, 0.15) is 5.75 Å². The van der Waals surface area contributed by atoms with Crippen LogP contribution in [0.3, 0.4) is 0 Å². The summed E-state index contributed by atoms with van der Waals surface area (Å²) in [5.74, 6) is -2.42. The number of pyridine rings is 1. The van der Waals surface area contributed by atoms with E-state index in [2.05, 4.69) is 10.3 Å². The second-order valence-corrected chi connectivity index (χ2v) is 6.63. The van der Waals surface area contributed by atoms with E-state index in [9.17, 15) is 24.8 Å². The molecule has 1 amide bonds. The molecule has 31 heavy (non-hydrogen) atoms. The van der Waals surface area contributed by atoms with E-state index in [1.165, 1.54) is 48.5 Å². The minimum absolute atomic E-state index is 0. The number of rotatable bonds is 6. The summed E-state index contributed by atoms with van der Waals surface area (Å²) in [7, 11) is 0. The molecule has 154 valence electrons. The molecule has 1 aromatic heterocycles. The summed E-state index contributed by atoms with van der Waals surface area (Å²) in [5.41, 5.74) is -0.159. The Morgan fingerprint density at radius 3 is 2.45 bits per heavy atom. The van der Waals surface area contributed by atoms with Crippen molar-refractivity contribution in [2.24, 2.45) is 0 Å². The van der Waals surface area contributed by atoms with Crippen molar-refractivity contribution in [3.63, 3.8) is 0 Å². The summed E-state index contributed by atoms with van der Waals surface area (Å²) in [6.07, 6.45) is 0. The summed E-state index contributed by atoms with van der Waals surface area (Å²) in [4.78, 5) is 37.9. The van der Waals surface area contributed by atoms with Crippen LogP contribution >= 0.6 is 23.2 Å². The zero-order valence-electron chi connectivity index (χ0n) is 14.8. The van der Waals surface area contributed by atoms with Crippen LogP contribution in [0.25, 0.3) is 0 Å². The number of aromatic carboxylic acids is 1. The number of nitro groups is 1. The van der Waals surface area contributed by atoms with Crippen LogP contribution < -0.4 is 10.1 Å². The van der Waals surface area contributed by atoms with Crippen molar-refractivity contribution in [3.05, 3.63) is 85.9 Å². The molecule has 0 radical (unpaired) electrons. The van der Waals surface area contributed by atoms with Crippen LogP contribution in [0.4, 0.5) is 11.5 Å². The van der Waals surface area contributed by atoms with Crippen molar-refractivity contribution in [2.45, 2.75) is 0 Å². The molecular weight excluding hydrogens is 444 g/mol. The number of amides is 1. The predicted molar refractivity (Wildman–Crippen MR) is 116 cm³/mol.